The summed E-state index contributed by atoms with van der Waals surface area (Å²) in [6.45, 7) is 9.66. The lowest BCUT2D eigenvalue weighted by Crippen LogP contribution is -2.38. The van der Waals surface area contributed by atoms with Crippen LogP contribution in [0.3, 0.4) is 0 Å². The molecule has 0 radical (unpaired) electrons. The molecule has 1 aliphatic rings. The standard InChI is InChI=1S/C18H28NOP/c1-14(20)15-8-11-19(12-9-15)13-10-18(2,3)16-4-6-17(21)7-5-16/h4-7,15H,8-13,21H2,1-3H3. The van der Waals surface area contributed by atoms with Crippen LogP contribution in [0, 0.1) is 5.92 Å². The van der Waals surface area contributed by atoms with Crippen molar-refractivity contribution in [1.29, 1.82) is 0 Å². The van der Waals surface area contributed by atoms with E-state index in [1.165, 1.54) is 10.9 Å². The van der Waals surface area contributed by atoms with Crippen molar-refractivity contribution in [2.75, 3.05) is 19.6 Å². The highest BCUT2D eigenvalue weighted by Crippen LogP contribution is 2.28. The molecule has 2 rings (SSSR count). The number of rotatable bonds is 5. The van der Waals surface area contributed by atoms with Gasteiger partial charge in [-0.3, -0.25) is 4.79 Å². The zero-order chi connectivity index (χ0) is 15.5. The van der Waals surface area contributed by atoms with E-state index in [-0.39, 0.29) is 5.41 Å². The Morgan fingerprint density at radius 2 is 1.81 bits per heavy atom. The van der Waals surface area contributed by atoms with Crippen molar-refractivity contribution in [3.63, 3.8) is 0 Å². The molecule has 2 nitrogen and oxygen atoms in total. The highest BCUT2D eigenvalue weighted by atomic mass is 31.0. The van der Waals surface area contributed by atoms with Crippen LogP contribution in [0.5, 0.6) is 0 Å². The summed E-state index contributed by atoms with van der Waals surface area (Å²) >= 11 is 0. The van der Waals surface area contributed by atoms with Gasteiger partial charge < -0.3 is 4.90 Å². The molecule has 1 heterocycles. The highest BCUT2D eigenvalue weighted by molar-refractivity contribution is 7.27. The van der Waals surface area contributed by atoms with Crippen molar-refractivity contribution in [3.05, 3.63) is 29.8 Å². The number of Topliss-reactive ketones (excluding diaryl/α,β-unsaturated/α-hetero) is 1. The summed E-state index contributed by atoms with van der Waals surface area (Å²) in [5, 5.41) is 1.24. The van der Waals surface area contributed by atoms with Gasteiger partial charge in [0.2, 0.25) is 0 Å². The molecule has 0 amide bonds. The average molecular weight is 305 g/mol. The Morgan fingerprint density at radius 3 is 2.33 bits per heavy atom. The van der Waals surface area contributed by atoms with Crippen molar-refractivity contribution in [2.45, 2.75) is 45.4 Å². The predicted octanol–water partition coefficient (Wildman–Crippen LogP) is 3.16. The van der Waals surface area contributed by atoms with Gasteiger partial charge >= 0.3 is 0 Å². The third-order valence-corrected chi connectivity index (χ3v) is 5.29. The lowest BCUT2D eigenvalue weighted by atomic mass is 9.81. The van der Waals surface area contributed by atoms with E-state index in [4.69, 9.17) is 0 Å². The van der Waals surface area contributed by atoms with Gasteiger partial charge in [-0.05, 0) is 62.1 Å². The zero-order valence-corrected chi connectivity index (χ0v) is 14.7. The molecule has 1 aromatic carbocycles. The molecule has 1 atom stereocenters. The van der Waals surface area contributed by atoms with Gasteiger partial charge in [0.05, 0.1) is 0 Å². The molecule has 21 heavy (non-hydrogen) atoms. The normalized spacial score (nSPS) is 17.9. The van der Waals surface area contributed by atoms with Crippen molar-refractivity contribution in [3.8, 4) is 0 Å². The Bertz CT molecular complexity index is 472. The molecule has 0 saturated carbocycles. The van der Waals surface area contributed by atoms with Gasteiger partial charge in [-0.1, -0.05) is 38.1 Å². The van der Waals surface area contributed by atoms with Gasteiger partial charge in [0.25, 0.3) is 0 Å². The van der Waals surface area contributed by atoms with Gasteiger partial charge in [0.15, 0.2) is 0 Å². The summed E-state index contributed by atoms with van der Waals surface area (Å²) in [5.74, 6) is 0.677. The number of hydrogen-bond acceptors (Lipinski definition) is 2. The number of likely N-dealkylation sites (tertiary alicyclic amines) is 1. The summed E-state index contributed by atoms with van der Waals surface area (Å²) in [6.07, 6.45) is 3.24. The van der Waals surface area contributed by atoms with Crippen LogP contribution in [0.25, 0.3) is 0 Å². The first-order valence-electron chi connectivity index (χ1n) is 7.97. The van der Waals surface area contributed by atoms with Crippen molar-refractivity contribution in [1.82, 2.24) is 4.90 Å². The Kier molecular flexibility index (Phi) is 5.57. The molecule has 3 heteroatoms. The maximum absolute atomic E-state index is 11.4. The molecule has 1 fully saturated rings. The topological polar surface area (TPSA) is 20.3 Å². The van der Waals surface area contributed by atoms with Crippen LogP contribution in [0.1, 0.15) is 45.6 Å². The maximum atomic E-state index is 11.4. The number of carbonyl (C=O) groups excluding carboxylic acids is 1. The Hall–Kier alpha value is -0.720. The Labute approximate surface area is 131 Å². The highest BCUT2D eigenvalue weighted by Gasteiger charge is 2.25. The lowest BCUT2D eigenvalue weighted by Gasteiger charge is -2.34. The van der Waals surface area contributed by atoms with Gasteiger partial charge in [-0.15, -0.1) is 9.24 Å². The molecule has 116 valence electrons. The van der Waals surface area contributed by atoms with Crippen LogP contribution in [-0.2, 0) is 10.2 Å². The fraction of sp³-hybridized carbons (Fsp3) is 0.611. The third kappa shape index (κ3) is 4.63. The van der Waals surface area contributed by atoms with Crippen LogP contribution < -0.4 is 5.30 Å². The minimum Gasteiger partial charge on any atom is -0.303 e. The quantitative estimate of drug-likeness (QED) is 0.779. The van der Waals surface area contributed by atoms with Crippen LogP contribution in [0.4, 0.5) is 0 Å². The number of ketones is 1. The van der Waals surface area contributed by atoms with E-state index < -0.39 is 0 Å². The second-order valence-corrected chi connectivity index (χ2v) is 7.65. The van der Waals surface area contributed by atoms with Crippen molar-refractivity contribution >= 4 is 20.3 Å². The number of carbonyl (C=O) groups is 1. The summed E-state index contributed by atoms with van der Waals surface area (Å²) < 4.78 is 0. The number of nitrogens with zero attached hydrogens (tertiary/aromatic N) is 1. The van der Waals surface area contributed by atoms with E-state index >= 15 is 0 Å². The minimum atomic E-state index is 0.204. The first-order valence-corrected chi connectivity index (χ1v) is 8.55. The van der Waals surface area contributed by atoms with Crippen molar-refractivity contribution < 1.29 is 4.79 Å². The smallest absolute Gasteiger partial charge is 0.133 e. The van der Waals surface area contributed by atoms with Crippen LogP contribution >= 0.6 is 9.24 Å². The monoisotopic (exact) mass is 305 g/mol. The van der Waals surface area contributed by atoms with E-state index in [1.807, 2.05) is 0 Å². The molecule has 0 spiro atoms. The average Bonchev–Trinajstić information content (AvgIpc) is 2.46. The van der Waals surface area contributed by atoms with E-state index in [0.29, 0.717) is 11.7 Å². The molecular weight excluding hydrogens is 277 g/mol. The molecule has 0 N–H and O–H groups in total. The molecule has 0 bridgehead atoms. The number of piperidine rings is 1. The van der Waals surface area contributed by atoms with Gasteiger partial charge in [0, 0.05) is 5.92 Å². The fourth-order valence-corrected chi connectivity index (χ4v) is 3.27. The summed E-state index contributed by atoms with van der Waals surface area (Å²) in [4.78, 5) is 13.9. The molecular formula is C18H28NOP. The first kappa shape index (κ1) is 16.6. The van der Waals surface area contributed by atoms with Crippen LogP contribution in [0.2, 0.25) is 0 Å². The Morgan fingerprint density at radius 1 is 1.24 bits per heavy atom. The molecule has 1 aliphatic heterocycles. The SMILES string of the molecule is CC(=O)C1CCN(CCC(C)(C)c2ccc(P)cc2)CC1. The molecule has 1 aromatic rings. The van der Waals surface area contributed by atoms with Crippen molar-refractivity contribution in [2.24, 2.45) is 5.92 Å². The largest absolute Gasteiger partial charge is 0.303 e. The fourth-order valence-electron chi connectivity index (χ4n) is 3.08. The second-order valence-electron chi connectivity index (χ2n) is 6.98. The second kappa shape index (κ2) is 7.03. The summed E-state index contributed by atoms with van der Waals surface area (Å²) in [5.41, 5.74) is 1.61. The summed E-state index contributed by atoms with van der Waals surface area (Å²) in [6, 6.07) is 8.81. The van der Waals surface area contributed by atoms with E-state index in [9.17, 15) is 4.79 Å². The summed E-state index contributed by atoms with van der Waals surface area (Å²) in [7, 11) is 2.74. The first-order chi connectivity index (χ1) is 9.88. The molecule has 1 unspecified atom stereocenters. The predicted molar refractivity (Wildman–Crippen MR) is 93.3 cm³/mol. The van der Waals surface area contributed by atoms with E-state index in [2.05, 4.69) is 52.3 Å². The lowest BCUT2D eigenvalue weighted by molar-refractivity contribution is -0.122. The van der Waals surface area contributed by atoms with Gasteiger partial charge in [-0.2, -0.15) is 0 Å². The number of hydrogen-bond donors (Lipinski definition) is 0. The molecule has 0 aromatic heterocycles. The van der Waals surface area contributed by atoms with E-state index in [0.717, 1.165) is 38.9 Å². The third-order valence-electron chi connectivity index (χ3n) is 4.91. The van der Waals surface area contributed by atoms with E-state index in [1.54, 1.807) is 6.92 Å². The maximum Gasteiger partial charge on any atom is 0.133 e. The van der Waals surface area contributed by atoms with Gasteiger partial charge in [-0.25, -0.2) is 0 Å². The minimum absolute atomic E-state index is 0.204. The number of benzene rings is 1. The van der Waals surface area contributed by atoms with Crippen LogP contribution in [-0.4, -0.2) is 30.3 Å². The zero-order valence-electron chi connectivity index (χ0n) is 13.6. The Balaban J connectivity index is 1.85. The molecule has 1 saturated heterocycles. The molecule has 0 aliphatic carbocycles. The van der Waals surface area contributed by atoms with Crippen LogP contribution in [0.15, 0.2) is 24.3 Å². The van der Waals surface area contributed by atoms with Gasteiger partial charge in [0.1, 0.15) is 5.78 Å².